The molecule has 0 aromatic heterocycles. The van der Waals surface area contributed by atoms with Gasteiger partial charge in [0.05, 0.1) is 6.04 Å². The topological polar surface area (TPSA) is 55.1 Å². The van der Waals surface area contributed by atoms with Crippen LogP contribution in [0.3, 0.4) is 0 Å². The molecule has 0 bridgehead atoms. The van der Waals surface area contributed by atoms with Crippen LogP contribution in [0.25, 0.3) is 0 Å². The van der Waals surface area contributed by atoms with E-state index in [0.29, 0.717) is 6.42 Å². The molecule has 0 saturated heterocycles. The summed E-state index contributed by atoms with van der Waals surface area (Å²) in [5.41, 5.74) is 6.57. The molecule has 4 heteroatoms. The van der Waals surface area contributed by atoms with Gasteiger partial charge >= 0.3 is 0 Å². The number of benzene rings is 1. The molecule has 0 spiro atoms. The number of carbonyl (C=O) groups is 1. The highest BCUT2D eigenvalue weighted by molar-refractivity contribution is 5.78. The zero-order chi connectivity index (χ0) is 15.7. The van der Waals surface area contributed by atoms with Crippen molar-refractivity contribution < 1.29 is 9.18 Å². The van der Waals surface area contributed by atoms with Crippen molar-refractivity contribution in [3.8, 4) is 0 Å². The van der Waals surface area contributed by atoms with Gasteiger partial charge in [-0.15, -0.1) is 0 Å². The Hall–Kier alpha value is -1.42. The minimum absolute atomic E-state index is 0.0264. The normalized spacial score (nSPS) is 18.7. The molecule has 1 aromatic carbocycles. The lowest BCUT2D eigenvalue weighted by atomic mass is 9.75. The summed E-state index contributed by atoms with van der Waals surface area (Å²) in [5, 5.41) is 3.08. The van der Waals surface area contributed by atoms with Gasteiger partial charge in [0.15, 0.2) is 0 Å². The van der Waals surface area contributed by atoms with Crippen LogP contribution >= 0.6 is 0 Å². The Labute approximate surface area is 126 Å². The highest BCUT2D eigenvalue weighted by Crippen LogP contribution is 2.35. The van der Waals surface area contributed by atoms with Crippen molar-refractivity contribution in [1.29, 1.82) is 0 Å². The van der Waals surface area contributed by atoms with Crippen LogP contribution in [0.15, 0.2) is 24.3 Å². The van der Waals surface area contributed by atoms with Gasteiger partial charge in [-0.3, -0.25) is 4.79 Å². The van der Waals surface area contributed by atoms with E-state index in [1.54, 1.807) is 12.1 Å². The molecule has 1 aromatic rings. The van der Waals surface area contributed by atoms with Crippen molar-refractivity contribution in [3.63, 3.8) is 0 Å². The van der Waals surface area contributed by atoms with Crippen molar-refractivity contribution in [2.75, 3.05) is 0 Å². The third-order valence-electron chi connectivity index (χ3n) is 4.24. The number of hydrogen-bond donors (Lipinski definition) is 2. The van der Waals surface area contributed by atoms with E-state index in [1.165, 1.54) is 12.1 Å². The number of hydrogen-bond acceptors (Lipinski definition) is 2. The standard InChI is InChI=1S/C17H25FN2O/c1-16(2,3)15(12-5-7-13(18)8-6-12)20-14(21)11-17(19)9-4-10-17/h5-8,15H,4,9-11,19H2,1-3H3,(H,20,21). The van der Waals surface area contributed by atoms with Crippen LogP contribution in [-0.4, -0.2) is 11.4 Å². The molecule has 2 rings (SSSR count). The van der Waals surface area contributed by atoms with Crippen molar-refractivity contribution >= 4 is 5.91 Å². The van der Waals surface area contributed by atoms with Crippen LogP contribution in [0, 0.1) is 11.2 Å². The van der Waals surface area contributed by atoms with E-state index in [1.807, 2.05) is 0 Å². The lowest BCUT2D eigenvalue weighted by Gasteiger charge is -2.39. The Morgan fingerprint density at radius 3 is 2.33 bits per heavy atom. The molecular formula is C17H25FN2O. The molecule has 3 nitrogen and oxygen atoms in total. The van der Waals surface area contributed by atoms with Crippen LogP contribution in [0.2, 0.25) is 0 Å². The van der Waals surface area contributed by atoms with Gasteiger partial charge in [0.1, 0.15) is 5.82 Å². The maximum Gasteiger partial charge on any atom is 0.222 e. The minimum atomic E-state index is -0.324. The molecule has 1 aliphatic rings. The Morgan fingerprint density at radius 1 is 1.33 bits per heavy atom. The Balaban J connectivity index is 2.10. The third kappa shape index (κ3) is 4.03. The molecule has 0 heterocycles. The fourth-order valence-electron chi connectivity index (χ4n) is 2.79. The monoisotopic (exact) mass is 292 g/mol. The average molecular weight is 292 g/mol. The highest BCUT2D eigenvalue weighted by Gasteiger charge is 2.36. The van der Waals surface area contributed by atoms with E-state index in [-0.39, 0.29) is 28.7 Å². The number of amides is 1. The smallest absolute Gasteiger partial charge is 0.222 e. The molecule has 21 heavy (non-hydrogen) atoms. The third-order valence-corrected chi connectivity index (χ3v) is 4.24. The van der Waals surface area contributed by atoms with Crippen molar-refractivity contribution in [1.82, 2.24) is 5.32 Å². The molecule has 116 valence electrons. The summed E-state index contributed by atoms with van der Waals surface area (Å²) in [6.45, 7) is 6.18. The summed E-state index contributed by atoms with van der Waals surface area (Å²) in [4.78, 5) is 12.3. The Bertz CT molecular complexity index is 501. The van der Waals surface area contributed by atoms with Gasteiger partial charge in [-0.2, -0.15) is 0 Å². The number of nitrogens with two attached hydrogens (primary N) is 1. The molecule has 0 aliphatic heterocycles. The molecule has 0 radical (unpaired) electrons. The lowest BCUT2D eigenvalue weighted by molar-refractivity contribution is -0.124. The fraction of sp³-hybridized carbons (Fsp3) is 0.588. The molecule has 1 unspecified atom stereocenters. The Morgan fingerprint density at radius 2 is 1.90 bits per heavy atom. The van der Waals surface area contributed by atoms with Gasteiger partial charge in [-0.05, 0) is 42.4 Å². The van der Waals surface area contributed by atoms with Crippen LogP contribution in [0.5, 0.6) is 0 Å². The predicted octanol–water partition coefficient (Wildman–Crippen LogP) is 3.30. The molecule has 1 fully saturated rings. The molecule has 1 saturated carbocycles. The zero-order valence-corrected chi connectivity index (χ0v) is 13.1. The maximum atomic E-state index is 13.1. The van der Waals surface area contributed by atoms with E-state index >= 15 is 0 Å². The lowest BCUT2D eigenvalue weighted by Crippen LogP contribution is -2.51. The first-order valence-electron chi connectivity index (χ1n) is 7.53. The summed E-state index contributed by atoms with van der Waals surface area (Å²) >= 11 is 0. The first-order valence-corrected chi connectivity index (χ1v) is 7.53. The second-order valence-electron chi connectivity index (χ2n) is 7.31. The van der Waals surface area contributed by atoms with Crippen molar-refractivity contribution in [2.24, 2.45) is 11.1 Å². The second-order valence-corrected chi connectivity index (χ2v) is 7.31. The van der Waals surface area contributed by atoms with E-state index in [9.17, 15) is 9.18 Å². The van der Waals surface area contributed by atoms with E-state index in [0.717, 1.165) is 24.8 Å². The summed E-state index contributed by atoms with van der Waals surface area (Å²) in [5.74, 6) is -0.297. The first-order chi connectivity index (χ1) is 9.70. The van der Waals surface area contributed by atoms with Gasteiger partial charge in [0, 0.05) is 12.0 Å². The van der Waals surface area contributed by atoms with E-state index in [4.69, 9.17) is 5.73 Å². The summed E-state index contributed by atoms with van der Waals surface area (Å²) in [6, 6.07) is 6.15. The molecule has 1 amide bonds. The number of carbonyl (C=O) groups excluding carboxylic acids is 1. The van der Waals surface area contributed by atoms with Gasteiger partial charge in [-0.25, -0.2) is 4.39 Å². The summed E-state index contributed by atoms with van der Waals surface area (Å²) < 4.78 is 13.1. The van der Waals surface area contributed by atoms with Gasteiger partial charge in [-0.1, -0.05) is 32.9 Å². The number of rotatable bonds is 4. The van der Waals surface area contributed by atoms with Gasteiger partial charge in [0.2, 0.25) is 5.91 Å². The molecular weight excluding hydrogens is 267 g/mol. The summed E-state index contributed by atoms with van der Waals surface area (Å²) in [7, 11) is 0. The summed E-state index contributed by atoms with van der Waals surface area (Å²) in [6.07, 6.45) is 3.29. The predicted molar refractivity (Wildman–Crippen MR) is 82.1 cm³/mol. The SMILES string of the molecule is CC(C)(C)C(NC(=O)CC1(N)CCC1)c1ccc(F)cc1. The van der Waals surface area contributed by atoms with Crippen LogP contribution in [0.1, 0.15) is 58.1 Å². The van der Waals surface area contributed by atoms with Crippen LogP contribution in [0.4, 0.5) is 4.39 Å². The van der Waals surface area contributed by atoms with Crippen molar-refractivity contribution in [2.45, 2.75) is 58.0 Å². The molecule has 3 N–H and O–H groups in total. The van der Waals surface area contributed by atoms with Crippen LogP contribution in [-0.2, 0) is 4.79 Å². The van der Waals surface area contributed by atoms with Gasteiger partial charge < -0.3 is 11.1 Å². The van der Waals surface area contributed by atoms with Gasteiger partial charge in [0.25, 0.3) is 0 Å². The first kappa shape index (κ1) is 16.0. The molecule has 1 atom stereocenters. The minimum Gasteiger partial charge on any atom is -0.349 e. The van der Waals surface area contributed by atoms with Crippen molar-refractivity contribution in [3.05, 3.63) is 35.6 Å². The largest absolute Gasteiger partial charge is 0.349 e. The fourth-order valence-corrected chi connectivity index (χ4v) is 2.79. The number of nitrogens with one attached hydrogen (secondary N) is 1. The quantitative estimate of drug-likeness (QED) is 0.894. The Kier molecular flexibility index (Phi) is 4.38. The van der Waals surface area contributed by atoms with E-state index in [2.05, 4.69) is 26.1 Å². The average Bonchev–Trinajstić information content (AvgIpc) is 2.34. The highest BCUT2D eigenvalue weighted by atomic mass is 19.1. The molecule has 1 aliphatic carbocycles. The van der Waals surface area contributed by atoms with E-state index < -0.39 is 0 Å². The maximum absolute atomic E-state index is 13.1. The zero-order valence-electron chi connectivity index (χ0n) is 13.1. The number of halogens is 1. The second kappa shape index (κ2) is 5.76. The van der Waals surface area contributed by atoms with Crippen LogP contribution < -0.4 is 11.1 Å².